The van der Waals surface area contributed by atoms with Crippen LogP contribution in [0.4, 0.5) is 5.69 Å². The molecule has 0 spiro atoms. The number of aromatic nitrogens is 1. The number of anilines is 1. The highest BCUT2D eigenvalue weighted by Gasteiger charge is 2.63. The molecule has 4 aromatic rings. The third-order valence-electron chi connectivity index (χ3n) is 9.54. The minimum absolute atomic E-state index is 0.0311. The van der Waals surface area contributed by atoms with Gasteiger partial charge in [-0.25, -0.2) is 17.7 Å². The van der Waals surface area contributed by atoms with E-state index < -0.39 is 33.6 Å². The average molecular weight is 685 g/mol. The molecular weight excluding hydrogens is 648 g/mol. The molecule has 3 atom stereocenters. The van der Waals surface area contributed by atoms with Gasteiger partial charge in [-0.05, 0) is 66.6 Å². The van der Waals surface area contributed by atoms with Crippen LogP contribution in [-0.2, 0) is 26.9 Å². The topological polar surface area (TPSA) is 161 Å². The predicted octanol–water partition coefficient (Wildman–Crippen LogP) is 2.76. The van der Waals surface area contributed by atoms with Crippen molar-refractivity contribution in [3.8, 4) is 17.6 Å². The first-order chi connectivity index (χ1) is 23.7. The van der Waals surface area contributed by atoms with Crippen LogP contribution in [0.1, 0.15) is 40.6 Å². The van der Waals surface area contributed by atoms with Crippen molar-refractivity contribution in [2.24, 2.45) is 0 Å². The molecule has 1 amide bonds. The van der Waals surface area contributed by atoms with E-state index in [1.807, 2.05) is 12.1 Å². The second-order valence-electron chi connectivity index (χ2n) is 12.3. The van der Waals surface area contributed by atoms with Gasteiger partial charge in [0, 0.05) is 50.4 Å². The first-order valence-electron chi connectivity index (χ1n) is 16.0. The third-order valence-corrected chi connectivity index (χ3v) is 11.3. The Bertz CT molecular complexity index is 2010. The molecule has 0 aliphatic carbocycles. The minimum Gasteiger partial charge on any atom is -0.497 e. The number of ether oxygens (including phenoxy) is 2. The number of aliphatic hydroxyl groups excluding tert-OH is 1. The number of sulfonamides is 1. The van der Waals surface area contributed by atoms with E-state index in [4.69, 9.17) is 13.9 Å². The van der Waals surface area contributed by atoms with Crippen LogP contribution in [0.2, 0.25) is 0 Å². The number of carbonyl (C=O) groups is 1. The first-order valence-corrected chi connectivity index (χ1v) is 17.4. The number of fused-ring (bicyclic) bond motifs is 1. The van der Waals surface area contributed by atoms with E-state index in [0.717, 1.165) is 36.0 Å². The van der Waals surface area contributed by atoms with Crippen molar-refractivity contribution in [1.82, 2.24) is 20.1 Å². The lowest BCUT2D eigenvalue weighted by Gasteiger charge is -2.41. The highest BCUT2D eigenvalue weighted by molar-refractivity contribution is 7.93. The summed E-state index contributed by atoms with van der Waals surface area (Å²) in [5, 5.41) is 24.6. The Morgan fingerprint density at radius 1 is 1.06 bits per heavy atom. The average Bonchev–Trinajstić information content (AvgIpc) is 3.85. The molecule has 0 bridgehead atoms. The normalized spacial score (nSPS) is 23.0. The van der Waals surface area contributed by atoms with Crippen LogP contribution < -0.4 is 19.1 Å². The second-order valence-corrected chi connectivity index (χ2v) is 14.1. The lowest BCUT2D eigenvalue weighted by Crippen LogP contribution is -2.55. The number of hydrogen-bond acceptors (Lipinski definition) is 12. The second kappa shape index (κ2) is 12.9. The van der Waals surface area contributed by atoms with Gasteiger partial charge in [0.2, 0.25) is 5.89 Å². The number of piperazine rings is 1. The Hall–Kier alpha value is -4.78. The van der Waals surface area contributed by atoms with Gasteiger partial charge in [-0.3, -0.25) is 14.6 Å². The maximum Gasteiger partial charge on any atom is 0.271 e. The summed E-state index contributed by atoms with van der Waals surface area (Å²) in [7, 11) is -1.56. The zero-order chi connectivity index (χ0) is 34.3. The molecule has 3 aliphatic rings. The number of benzene rings is 3. The van der Waals surface area contributed by atoms with Crippen LogP contribution in [-0.4, -0.2) is 87.3 Å². The van der Waals surface area contributed by atoms with Crippen LogP contribution in [0.25, 0.3) is 0 Å². The predicted molar refractivity (Wildman–Crippen MR) is 177 cm³/mol. The molecule has 4 heterocycles. The highest BCUT2D eigenvalue weighted by Crippen LogP contribution is 2.56. The maximum atomic E-state index is 15.6. The summed E-state index contributed by atoms with van der Waals surface area (Å²) in [6, 6.07) is 17.3. The summed E-state index contributed by atoms with van der Waals surface area (Å²) < 4.78 is 47.0. The number of carbonyl (C=O) groups excluding carboxylic acids is 1. The molecule has 0 saturated carbocycles. The summed E-state index contributed by atoms with van der Waals surface area (Å²) in [5.41, 5.74) is -0.0704. The number of nitrogens with one attached hydrogen (secondary N) is 1. The molecule has 3 aromatic carbocycles. The number of β-amino-alcohol motifs (C(OH)–C–C–N with tert-alkyl or cyclic N) is 1. The van der Waals surface area contributed by atoms with Crippen LogP contribution in [0.15, 0.2) is 82.4 Å². The van der Waals surface area contributed by atoms with Crippen molar-refractivity contribution in [2.75, 3.05) is 51.2 Å². The molecule has 2 fully saturated rings. The molecule has 1 unspecified atom stereocenters. The number of hydrogen-bond donors (Lipinski definition) is 2. The van der Waals surface area contributed by atoms with Gasteiger partial charge < -0.3 is 24.3 Å². The van der Waals surface area contributed by atoms with E-state index in [1.165, 1.54) is 63.1 Å². The van der Waals surface area contributed by atoms with Gasteiger partial charge >= 0.3 is 0 Å². The third kappa shape index (κ3) is 5.44. The number of amides is 1. The Morgan fingerprint density at radius 2 is 1.84 bits per heavy atom. The summed E-state index contributed by atoms with van der Waals surface area (Å²) in [6.07, 6.45) is 2.15. The van der Waals surface area contributed by atoms with Crippen molar-refractivity contribution in [2.45, 2.75) is 35.5 Å². The molecule has 1 aromatic heterocycles. The van der Waals surface area contributed by atoms with Gasteiger partial charge in [0.25, 0.3) is 15.9 Å². The zero-order valence-electron chi connectivity index (χ0n) is 27.1. The minimum atomic E-state index is -4.53. The molecule has 7 rings (SSSR count). The van der Waals surface area contributed by atoms with Crippen LogP contribution in [0.3, 0.4) is 0 Å². The fraction of sp³-hybridized carbons (Fsp3) is 0.343. The van der Waals surface area contributed by atoms with Gasteiger partial charge in [-0.2, -0.15) is 5.26 Å². The molecule has 0 radical (unpaired) electrons. The van der Waals surface area contributed by atoms with E-state index >= 15 is 4.79 Å². The van der Waals surface area contributed by atoms with Crippen LogP contribution in [0, 0.1) is 11.3 Å². The van der Waals surface area contributed by atoms with Crippen molar-refractivity contribution in [1.29, 1.82) is 5.26 Å². The van der Waals surface area contributed by atoms with Gasteiger partial charge in [0.1, 0.15) is 17.8 Å². The van der Waals surface area contributed by atoms with Crippen molar-refractivity contribution in [3.05, 3.63) is 101 Å². The molecule has 14 heteroatoms. The highest BCUT2D eigenvalue weighted by atomic mass is 32.2. The number of nitrogens with zero attached hydrogens (tertiary/aromatic N) is 5. The summed E-state index contributed by atoms with van der Waals surface area (Å²) in [5.74, 6) is 0.235. The quantitative estimate of drug-likeness (QED) is 0.266. The van der Waals surface area contributed by atoms with Gasteiger partial charge in [-0.1, -0.05) is 6.07 Å². The smallest absolute Gasteiger partial charge is 0.271 e. The molecule has 254 valence electrons. The number of methoxy groups -OCH3 is 2. The Kier molecular flexibility index (Phi) is 8.64. The lowest BCUT2D eigenvalue weighted by molar-refractivity contribution is -0.127. The van der Waals surface area contributed by atoms with Crippen LogP contribution in [0.5, 0.6) is 11.5 Å². The summed E-state index contributed by atoms with van der Waals surface area (Å²) in [4.78, 5) is 23.9. The molecule has 2 N–H and O–H groups in total. The van der Waals surface area contributed by atoms with E-state index in [0.29, 0.717) is 23.6 Å². The van der Waals surface area contributed by atoms with Gasteiger partial charge in [0.15, 0.2) is 5.54 Å². The Morgan fingerprint density at radius 3 is 2.51 bits per heavy atom. The summed E-state index contributed by atoms with van der Waals surface area (Å²) in [6.45, 7) is 3.90. The van der Waals surface area contributed by atoms with Gasteiger partial charge in [-0.15, -0.1) is 0 Å². The number of rotatable bonds is 9. The Balaban J connectivity index is 1.51. The van der Waals surface area contributed by atoms with Crippen molar-refractivity contribution >= 4 is 21.6 Å². The van der Waals surface area contributed by atoms with E-state index in [1.54, 1.807) is 17.0 Å². The van der Waals surface area contributed by atoms with E-state index in [2.05, 4.69) is 21.3 Å². The van der Waals surface area contributed by atoms with Crippen molar-refractivity contribution < 1.29 is 32.2 Å². The fourth-order valence-corrected chi connectivity index (χ4v) is 8.77. The molecule has 13 nitrogen and oxygen atoms in total. The first kappa shape index (κ1) is 32.8. The van der Waals surface area contributed by atoms with Crippen molar-refractivity contribution in [3.63, 3.8) is 0 Å². The maximum absolute atomic E-state index is 15.6. The lowest BCUT2D eigenvalue weighted by atomic mass is 9.79. The number of aliphatic hydroxyl groups is 1. The SMILES string of the molecule is COc1ccc(S(=O)(=O)N2C(=O)C(c3cc(CN4CCNCC4)ccc3OC)(N3C[C@H](O)C[C@H]3c3ncco3)c3cc(C#N)ccc32)cc1. The zero-order valence-corrected chi connectivity index (χ0v) is 27.9. The Labute approximate surface area is 284 Å². The van der Waals surface area contributed by atoms with E-state index in [9.17, 15) is 18.8 Å². The monoisotopic (exact) mass is 684 g/mol. The van der Waals surface area contributed by atoms with Gasteiger partial charge in [0.05, 0.1) is 54.8 Å². The molecule has 49 heavy (non-hydrogen) atoms. The van der Waals surface area contributed by atoms with Crippen LogP contribution >= 0.6 is 0 Å². The molecule has 2 saturated heterocycles. The standard InChI is InChI=1S/C35H36N6O7S/c1-46-26-5-7-27(8-6-26)49(44,45)41-30-9-3-23(20-36)17-28(30)35(34(41)43,40-22-25(42)19-31(40)33-38-13-16-48-33)29-18-24(4-10-32(29)47-2)21-39-14-11-37-12-15-39/h3-10,13,16-18,25,31,37,42H,11-12,14-15,19,21-22H2,1-2H3/t25-,31+,35?/m1/s1. The molecular formula is C35H36N6O7S. The largest absolute Gasteiger partial charge is 0.497 e. The number of likely N-dealkylation sites (tertiary alicyclic amines) is 1. The fourth-order valence-electron chi connectivity index (χ4n) is 7.31. The number of oxazole rings is 1. The number of nitriles is 1. The summed E-state index contributed by atoms with van der Waals surface area (Å²) >= 11 is 0. The molecule has 3 aliphatic heterocycles. The van der Waals surface area contributed by atoms with E-state index in [-0.39, 0.29) is 40.6 Å².